The second-order valence-corrected chi connectivity index (χ2v) is 7.59. The van der Waals surface area contributed by atoms with Crippen molar-refractivity contribution in [2.75, 3.05) is 0 Å². The molecule has 0 saturated carbocycles. The second-order valence-electron chi connectivity index (χ2n) is 2.77. The molecule has 0 atom stereocenters. The van der Waals surface area contributed by atoms with Gasteiger partial charge in [-0.25, -0.2) is 0 Å². The maximum Gasteiger partial charge on any atom is -1.00 e. The summed E-state index contributed by atoms with van der Waals surface area (Å²) in [6.07, 6.45) is 16.1. The molecule has 0 radical (unpaired) electrons. The molecule has 12 heavy (non-hydrogen) atoms. The van der Waals surface area contributed by atoms with Crippen LogP contribution in [0.3, 0.4) is 0 Å². The van der Waals surface area contributed by atoms with Gasteiger partial charge in [-0.1, -0.05) is 0 Å². The van der Waals surface area contributed by atoms with Gasteiger partial charge < -0.3 is 12.4 Å². The van der Waals surface area contributed by atoms with Gasteiger partial charge in [0, 0.05) is 0 Å². The second kappa shape index (κ2) is 5.38. The van der Waals surface area contributed by atoms with Gasteiger partial charge in [-0.15, -0.1) is 0 Å². The van der Waals surface area contributed by atoms with Crippen molar-refractivity contribution >= 4 is 0 Å². The van der Waals surface area contributed by atoms with E-state index >= 15 is 0 Å². The summed E-state index contributed by atoms with van der Waals surface area (Å²) in [6, 6.07) is 0. The fraction of sp³-hybridized carbons (Fsp3) is 0.200. The molecule has 0 spiro atoms. The van der Waals surface area contributed by atoms with Gasteiger partial charge in [0.1, 0.15) is 0 Å². The van der Waals surface area contributed by atoms with E-state index in [0.29, 0.717) is 0 Å². The van der Waals surface area contributed by atoms with E-state index in [0.717, 1.165) is 0 Å². The summed E-state index contributed by atoms with van der Waals surface area (Å²) >= 11 is -0.526. The van der Waals surface area contributed by atoms with Gasteiger partial charge in [0.05, 0.1) is 0 Å². The fourth-order valence-electron chi connectivity index (χ4n) is 1.29. The van der Waals surface area contributed by atoms with Gasteiger partial charge in [-0.3, -0.25) is 0 Å². The van der Waals surface area contributed by atoms with Crippen LogP contribution in [0.5, 0.6) is 0 Å². The predicted molar refractivity (Wildman–Crippen MR) is 43.7 cm³/mol. The number of hydrogen-bond donors (Lipinski definition) is 0. The first-order valence-corrected chi connectivity index (χ1v) is 7.07. The monoisotopic (exact) mass is 305 g/mol. The molecule has 0 unspecified atom stereocenters. The third kappa shape index (κ3) is 2.84. The summed E-state index contributed by atoms with van der Waals surface area (Å²) in [6.45, 7) is 0. The van der Waals surface area contributed by atoms with Gasteiger partial charge >= 0.3 is 89.0 Å². The molecule has 0 heterocycles. The first kappa shape index (κ1) is 10.7. The minimum atomic E-state index is -0.526. The van der Waals surface area contributed by atoms with Gasteiger partial charge in [-0.2, -0.15) is 0 Å². The third-order valence-corrected chi connectivity index (χ3v) is 6.21. The molecule has 0 bridgehead atoms. The quantitative estimate of drug-likeness (QED) is 0.661. The molecule has 2 aliphatic carbocycles. The Bertz CT molecular complexity index is 244. The van der Waals surface area contributed by atoms with Crippen LogP contribution in [-0.4, -0.2) is 0 Å². The number of rotatable bonds is 2. The molecule has 2 heteroatoms. The Hall–Kier alpha value is 0.627. The van der Waals surface area contributed by atoms with Crippen LogP contribution < -0.4 is 12.4 Å². The summed E-state index contributed by atoms with van der Waals surface area (Å²) in [4.78, 5) is 0. The zero-order valence-corrected chi connectivity index (χ0v) is 10.7. The average Bonchev–Trinajstić information content (AvgIpc) is 2.60. The molecule has 2 aliphatic rings. The molecular weight excluding hydrogens is 296 g/mol. The zero-order chi connectivity index (χ0) is 7.52. The average molecular weight is 306 g/mol. The van der Waals surface area contributed by atoms with Crippen molar-refractivity contribution < 1.29 is 50.0 Å². The van der Waals surface area contributed by atoms with Gasteiger partial charge in [0.2, 0.25) is 0 Å². The van der Waals surface area contributed by atoms with Crippen LogP contribution in [0.15, 0.2) is 38.6 Å². The Morgan fingerprint density at radius 1 is 0.917 bits per heavy atom. The van der Waals surface area contributed by atoms with Crippen molar-refractivity contribution in [1.29, 1.82) is 0 Å². The van der Waals surface area contributed by atoms with E-state index in [1.54, 1.807) is 2.18 Å². The van der Waals surface area contributed by atoms with Crippen LogP contribution in [-0.2, 0) is 0 Å². The van der Waals surface area contributed by atoms with E-state index in [1.165, 1.54) is 12.8 Å². The molecule has 0 nitrogen and oxygen atoms in total. The van der Waals surface area contributed by atoms with E-state index in [9.17, 15) is 0 Å². The molecule has 0 amide bonds. The van der Waals surface area contributed by atoms with E-state index in [4.69, 9.17) is 0 Å². The van der Waals surface area contributed by atoms with Crippen LogP contribution in [0, 0.1) is 37.6 Å². The summed E-state index contributed by atoms with van der Waals surface area (Å²) in [5.74, 6) is 0. The number of allylic oxidation sites excluding steroid dienone is 8. The topological polar surface area (TPSA) is 0 Å². The van der Waals surface area contributed by atoms with Crippen molar-refractivity contribution in [3.8, 4) is 0 Å². The smallest absolute Gasteiger partial charge is 1.00 e. The molecule has 0 N–H and O–H groups in total. The van der Waals surface area contributed by atoms with E-state index < -0.39 is 37.6 Å². The standard InChI is InChI=1S/2C5H5.Ce.ClH/c2*1-2-4-5-3-1;;/h2*1-3H,4H2;;1H/q;;+1;/p-1. The maximum atomic E-state index is 2.32. The molecule has 0 aromatic carbocycles. The number of hydrogen-bond acceptors (Lipinski definition) is 0. The summed E-state index contributed by atoms with van der Waals surface area (Å²) < 4.78 is 3.50. The Kier molecular flexibility index (Phi) is 4.80. The Labute approximate surface area is 100 Å². The van der Waals surface area contributed by atoms with Crippen LogP contribution in [0.2, 0.25) is 0 Å². The van der Waals surface area contributed by atoms with E-state index in [2.05, 4.69) is 36.5 Å². The van der Waals surface area contributed by atoms with Crippen LogP contribution in [0.25, 0.3) is 0 Å². The van der Waals surface area contributed by atoms with Crippen molar-refractivity contribution in [2.24, 2.45) is 0 Å². The van der Waals surface area contributed by atoms with Crippen molar-refractivity contribution in [2.45, 2.75) is 12.8 Å². The Morgan fingerprint density at radius 2 is 1.42 bits per heavy atom. The summed E-state index contributed by atoms with van der Waals surface area (Å²) in [7, 11) is 0. The van der Waals surface area contributed by atoms with Gasteiger partial charge in [0.15, 0.2) is 0 Å². The maximum absolute atomic E-state index is 2.32. The minimum Gasteiger partial charge on any atom is -1.00 e. The van der Waals surface area contributed by atoms with Crippen LogP contribution >= 0.6 is 0 Å². The Balaban J connectivity index is 0.000000720. The molecule has 0 saturated heterocycles. The van der Waals surface area contributed by atoms with Gasteiger partial charge in [-0.05, 0) is 0 Å². The van der Waals surface area contributed by atoms with Crippen molar-refractivity contribution in [3.05, 3.63) is 38.6 Å². The van der Waals surface area contributed by atoms with E-state index in [-0.39, 0.29) is 12.4 Å². The van der Waals surface area contributed by atoms with Crippen LogP contribution in [0.4, 0.5) is 0 Å². The largest absolute Gasteiger partial charge is 1.00 e. The van der Waals surface area contributed by atoms with E-state index in [1.807, 2.05) is 0 Å². The first-order valence-electron chi connectivity index (χ1n) is 3.93. The molecule has 61 valence electrons. The van der Waals surface area contributed by atoms with Crippen LogP contribution in [0.1, 0.15) is 12.8 Å². The predicted octanol–water partition coefficient (Wildman–Crippen LogP) is -0.237. The minimum absolute atomic E-state index is 0. The molecule has 0 aromatic rings. The molecule has 0 aromatic heterocycles. The van der Waals surface area contributed by atoms with Crippen molar-refractivity contribution in [3.63, 3.8) is 0 Å². The first-order chi connectivity index (χ1) is 5.45. The number of halogens is 1. The van der Waals surface area contributed by atoms with Gasteiger partial charge in [0.25, 0.3) is 0 Å². The van der Waals surface area contributed by atoms with Crippen molar-refractivity contribution in [1.82, 2.24) is 0 Å². The molecule has 0 aliphatic heterocycles. The SMILES string of the molecule is C1=CC[C]([Ce+][C]2=CC=CC2)=C1.[Cl-]. The fourth-order valence-corrected chi connectivity index (χ4v) is 5.09. The molecular formula is C10H10CeCl. The third-order valence-electron chi connectivity index (χ3n) is 1.86. The molecule has 2 rings (SSSR count). The zero-order valence-electron chi connectivity index (χ0n) is 6.76. The normalized spacial score (nSPS) is 18.3. The summed E-state index contributed by atoms with van der Waals surface area (Å²) in [5, 5.41) is 0. The Morgan fingerprint density at radius 3 is 1.75 bits per heavy atom. The summed E-state index contributed by atoms with van der Waals surface area (Å²) in [5.41, 5.74) is 0. The molecule has 0 fully saturated rings.